The van der Waals surface area contributed by atoms with Crippen molar-refractivity contribution in [2.24, 2.45) is 0 Å². The summed E-state index contributed by atoms with van der Waals surface area (Å²) < 4.78 is 6.66. The van der Waals surface area contributed by atoms with E-state index >= 15 is 0 Å². The molecule has 1 heterocycles. The lowest BCUT2D eigenvalue weighted by atomic mass is 10.2. The average Bonchev–Trinajstić information content (AvgIpc) is 2.67. The molecular formula is C19H24N4O5. The summed E-state index contributed by atoms with van der Waals surface area (Å²) in [6.07, 6.45) is 2.66. The number of rotatable bonds is 10. The van der Waals surface area contributed by atoms with Crippen LogP contribution in [0.25, 0.3) is 5.69 Å². The topological polar surface area (TPSA) is 116 Å². The SMILES string of the molecule is CCCCOCCCNC(=O)c1nn(-c2ccccc2[N+](=O)[O-])c(C)cc1=O. The molecule has 0 atom stereocenters. The highest BCUT2D eigenvalue weighted by Gasteiger charge is 2.19. The van der Waals surface area contributed by atoms with Crippen molar-refractivity contribution in [1.82, 2.24) is 15.1 Å². The minimum absolute atomic E-state index is 0.169. The highest BCUT2D eigenvalue weighted by molar-refractivity contribution is 5.92. The second-order valence-corrected chi connectivity index (χ2v) is 6.23. The van der Waals surface area contributed by atoms with Gasteiger partial charge < -0.3 is 10.1 Å². The highest BCUT2D eigenvalue weighted by atomic mass is 16.6. The Labute approximate surface area is 162 Å². The summed E-state index contributed by atoms with van der Waals surface area (Å²) >= 11 is 0. The van der Waals surface area contributed by atoms with E-state index in [9.17, 15) is 19.7 Å². The van der Waals surface area contributed by atoms with Gasteiger partial charge in [-0.05, 0) is 25.8 Å². The minimum Gasteiger partial charge on any atom is -0.381 e. The Morgan fingerprint density at radius 2 is 2.00 bits per heavy atom. The van der Waals surface area contributed by atoms with Crippen molar-refractivity contribution >= 4 is 11.6 Å². The molecule has 0 unspecified atom stereocenters. The number of carbonyl (C=O) groups is 1. The van der Waals surface area contributed by atoms with E-state index in [0.29, 0.717) is 31.9 Å². The molecule has 0 aliphatic rings. The second-order valence-electron chi connectivity index (χ2n) is 6.23. The van der Waals surface area contributed by atoms with Crippen molar-refractivity contribution in [3.63, 3.8) is 0 Å². The molecule has 9 nitrogen and oxygen atoms in total. The summed E-state index contributed by atoms with van der Waals surface area (Å²) in [7, 11) is 0. The molecule has 1 aromatic heterocycles. The van der Waals surface area contributed by atoms with Gasteiger partial charge in [-0.15, -0.1) is 0 Å². The van der Waals surface area contributed by atoms with Crippen LogP contribution in [0.4, 0.5) is 5.69 Å². The van der Waals surface area contributed by atoms with Crippen LogP contribution in [-0.2, 0) is 4.74 Å². The molecule has 150 valence electrons. The van der Waals surface area contributed by atoms with E-state index < -0.39 is 16.3 Å². The van der Waals surface area contributed by atoms with Gasteiger partial charge in [-0.3, -0.25) is 19.7 Å². The van der Waals surface area contributed by atoms with Crippen LogP contribution in [0.3, 0.4) is 0 Å². The third-order valence-electron chi connectivity index (χ3n) is 4.02. The fourth-order valence-electron chi connectivity index (χ4n) is 2.55. The molecule has 2 rings (SSSR count). The van der Waals surface area contributed by atoms with Crippen LogP contribution in [0.2, 0.25) is 0 Å². The monoisotopic (exact) mass is 388 g/mol. The lowest BCUT2D eigenvalue weighted by molar-refractivity contribution is -0.384. The van der Waals surface area contributed by atoms with Crippen molar-refractivity contribution in [2.45, 2.75) is 33.1 Å². The Kier molecular flexibility index (Phi) is 7.82. The average molecular weight is 388 g/mol. The molecule has 0 aliphatic carbocycles. The van der Waals surface area contributed by atoms with Crippen molar-refractivity contribution < 1.29 is 14.5 Å². The standard InChI is InChI=1S/C19H24N4O5/c1-3-4-11-28-12-7-10-20-19(25)18-17(24)13-14(2)22(21-18)15-8-5-6-9-16(15)23(26)27/h5-6,8-9,13H,3-4,7,10-12H2,1-2H3,(H,20,25). The number of hydrogen-bond acceptors (Lipinski definition) is 6. The molecule has 0 saturated carbocycles. The fourth-order valence-corrected chi connectivity index (χ4v) is 2.55. The Morgan fingerprint density at radius 1 is 1.29 bits per heavy atom. The van der Waals surface area contributed by atoms with Gasteiger partial charge in [0.2, 0.25) is 5.43 Å². The molecule has 0 bridgehead atoms. The number of para-hydroxylation sites is 2. The zero-order valence-electron chi connectivity index (χ0n) is 16.0. The summed E-state index contributed by atoms with van der Waals surface area (Å²) in [4.78, 5) is 35.3. The molecule has 1 N–H and O–H groups in total. The maximum Gasteiger partial charge on any atom is 0.294 e. The molecule has 0 saturated heterocycles. The van der Waals surface area contributed by atoms with Gasteiger partial charge in [0, 0.05) is 37.6 Å². The normalized spacial score (nSPS) is 10.6. The summed E-state index contributed by atoms with van der Waals surface area (Å²) in [5.41, 5.74) is -0.444. The maximum absolute atomic E-state index is 12.4. The first-order valence-electron chi connectivity index (χ1n) is 9.16. The quantitative estimate of drug-likeness (QED) is 0.379. The summed E-state index contributed by atoms with van der Waals surface area (Å²) in [6, 6.07) is 7.26. The molecule has 9 heteroatoms. The first-order chi connectivity index (χ1) is 13.5. The third kappa shape index (κ3) is 5.46. The number of nitro benzene ring substituents is 1. The van der Waals surface area contributed by atoms with Crippen LogP contribution in [-0.4, -0.2) is 40.4 Å². The van der Waals surface area contributed by atoms with Crippen molar-refractivity contribution in [2.75, 3.05) is 19.8 Å². The molecule has 1 aromatic carbocycles. The van der Waals surface area contributed by atoms with Gasteiger partial charge in [-0.1, -0.05) is 25.5 Å². The van der Waals surface area contributed by atoms with Crippen molar-refractivity contribution in [3.05, 3.63) is 62.1 Å². The zero-order chi connectivity index (χ0) is 20.5. The Hall–Kier alpha value is -3.07. The molecule has 2 aromatic rings. The smallest absolute Gasteiger partial charge is 0.294 e. The van der Waals surface area contributed by atoms with Gasteiger partial charge in [-0.2, -0.15) is 5.10 Å². The van der Waals surface area contributed by atoms with Crippen LogP contribution in [0.5, 0.6) is 0 Å². The van der Waals surface area contributed by atoms with E-state index in [0.717, 1.165) is 12.8 Å². The number of hydrogen-bond donors (Lipinski definition) is 1. The first kappa shape index (κ1) is 21.2. The predicted molar refractivity (Wildman–Crippen MR) is 104 cm³/mol. The summed E-state index contributed by atoms with van der Waals surface area (Å²) in [6.45, 7) is 5.22. The number of carbonyl (C=O) groups excluding carboxylic acids is 1. The molecular weight excluding hydrogens is 364 g/mol. The molecule has 0 aliphatic heterocycles. The Bertz CT molecular complexity index is 894. The van der Waals surface area contributed by atoms with Gasteiger partial charge in [0.1, 0.15) is 5.69 Å². The van der Waals surface area contributed by atoms with Crippen molar-refractivity contribution in [1.29, 1.82) is 0 Å². The lowest BCUT2D eigenvalue weighted by Gasteiger charge is -2.11. The van der Waals surface area contributed by atoms with E-state index in [-0.39, 0.29) is 17.1 Å². The minimum atomic E-state index is -0.620. The van der Waals surface area contributed by atoms with Gasteiger partial charge in [0.25, 0.3) is 11.6 Å². The number of benzene rings is 1. The van der Waals surface area contributed by atoms with E-state index in [1.165, 1.54) is 28.9 Å². The number of aryl methyl sites for hydroxylation is 1. The number of aromatic nitrogens is 2. The van der Waals surface area contributed by atoms with E-state index in [1.54, 1.807) is 13.0 Å². The highest BCUT2D eigenvalue weighted by Crippen LogP contribution is 2.22. The number of nitrogens with one attached hydrogen (secondary N) is 1. The van der Waals surface area contributed by atoms with Crippen LogP contribution in [0.1, 0.15) is 42.4 Å². The number of amides is 1. The maximum atomic E-state index is 12.4. The van der Waals surface area contributed by atoms with E-state index in [1.807, 2.05) is 0 Å². The second kappa shape index (κ2) is 10.3. The molecule has 28 heavy (non-hydrogen) atoms. The summed E-state index contributed by atoms with van der Waals surface area (Å²) in [5, 5.41) is 18.0. The van der Waals surface area contributed by atoms with Gasteiger partial charge in [-0.25, -0.2) is 4.68 Å². The van der Waals surface area contributed by atoms with Gasteiger partial charge in [0.05, 0.1) is 4.92 Å². The zero-order valence-corrected chi connectivity index (χ0v) is 16.0. The predicted octanol–water partition coefficient (Wildman–Crippen LogP) is 2.39. The number of ether oxygens (including phenoxy) is 1. The number of nitro groups is 1. The first-order valence-corrected chi connectivity index (χ1v) is 9.16. The Balaban J connectivity index is 2.14. The van der Waals surface area contributed by atoms with Crippen LogP contribution in [0, 0.1) is 17.0 Å². The van der Waals surface area contributed by atoms with Gasteiger partial charge in [0.15, 0.2) is 5.69 Å². The lowest BCUT2D eigenvalue weighted by Crippen LogP contribution is -2.33. The van der Waals surface area contributed by atoms with E-state index in [4.69, 9.17) is 4.74 Å². The van der Waals surface area contributed by atoms with Crippen molar-refractivity contribution in [3.8, 4) is 5.69 Å². The molecule has 0 spiro atoms. The van der Waals surface area contributed by atoms with Crippen LogP contribution >= 0.6 is 0 Å². The number of nitrogens with zero attached hydrogens (tertiary/aromatic N) is 3. The van der Waals surface area contributed by atoms with Crippen LogP contribution in [0.15, 0.2) is 35.1 Å². The van der Waals surface area contributed by atoms with Crippen LogP contribution < -0.4 is 10.7 Å². The third-order valence-corrected chi connectivity index (χ3v) is 4.02. The number of unbranched alkanes of at least 4 members (excludes halogenated alkanes) is 1. The van der Waals surface area contributed by atoms with E-state index in [2.05, 4.69) is 17.3 Å². The molecule has 1 amide bonds. The van der Waals surface area contributed by atoms with Gasteiger partial charge >= 0.3 is 0 Å². The largest absolute Gasteiger partial charge is 0.381 e. The molecule has 0 fully saturated rings. The Morgan fingerprint density at radius 3 is 2.71 bits per heavy atom. The fraction of sp³-hybridized carbons (Fsp3) is 0.421. The molecule has 0 radical (unpaired) electrons. The summed E-state index contributed by atoms with van der Waals surface area (Å²) in [5.74, 6) is -0.620.